The van der Waals surface area contributed by atoms with Gasteiger partial charge in [0.2, 0.25) is 0 Å². The number of hydrogen-bond acceptors (Lipinski definition) is 5. The van der Waals surface area contributed by atoms with Gasteiger partial charge in [-0.3, -0.25) is 14.8 Å². The molecule has 1 saturated heterocycles. The van der Waals surface area contributed by atoms with E-state index in [1.807, 2.05) is 55.8 Å². The van der Waals surface area contributed by atoms with Gasteiger partial charge in [0.25, 0.3) is 0 Å². The van der Waals surface area contributed by atoms with E-state index in [9.17, 15) is 4.79 Å². The number of rotatable bonds is 6. The first-order chi connectivity index (χ1) is 16.5. The van der Waals surface area contributed by atoms with Crippen molar-refractivity contribution in [1.29, 1.82) is 0 Å². The van der Waals surface area contributed by atoms with E-state index >= 15 is 0 Å². The Morgan fingerprint density at radius 1 is 0.941 bits per heavy atom. The number of pyridine rings is 2. The number of nitrogens with zero attached hydrogens (tertiary/aromatic N) is 3. The van der Waals surface area contributed by atoms with Gasteiger partial charge in [-0.2, -0.15) is 0 Å². The molecule has 1 fully saturated rings. The van der Waals surface area contributed by atoms with Gasteiger partial charge >= 0.3 is 0 Å². The molecule has 0 saturated carbocycles. The predicted molar refractivity (Wildman–Crippen MR) is 138 cm³/mol. The average Bonchev–Trinajstić information content (AvgIpc) is 2.85. The van der Waals surface area contributed by atoms with Crippen LogP contribution in [0, 0.1) is 6.92 Å². The summed E-state index contributed by atoms with van der Waals surface area (Å²) in [5.41, 5.74) is 5.90. The van der Waals surface area contributed by atoms with Gasteiger partial charge in [-0.15, -0.1) is 0 Å². The number of piperidine rings is 1. The van der Waals surface area contributed by atoms with Crippen LogP contribution in [0.25, 0.3) is 21.9 Å². The largest absolute Gasteiger partial charge is 0.381 e. The summed E-state index contributed by atoms with van der Waals surface area (Å²) in [5, 5.41) is 5.80. The highest BCUT2D eigenvalue weighted by Crippen LogP contribution is 2.27. The van der Waals surface area contributed by atoms with E-state index in [1.165, 1.54) is 0 Å². The number of aromatic nitrogens is 2. The first-order valence-corrected chi connectivity index (χ1v) is 11.9. The van der Waals surface area contributed by atoms with Crippen LogP contribution < -0.4 is 5.32 Å². The zero-order valence-electron chi connectivity index (χ0n) is 19.8. The molecule has 0 radical (unpaired) electrons. The second-order valence-corrected chi connectivity index (χ2v) is 9.39. The minimum absolute atomic E-state index is 0.0832. The van der Waals surface area contributed by atoms with E-state index in [2.05, 4.69) is 51.5 Å². The molecular weight excluding hydrogens is 420 g/mol. The molecule has 2 aromatic carbocycles. The van der Waals surface area contributed by atoms with Crippen molar-refractivity contribution in [1.82, 2.24) is 14.9 Å². The third-order valence-corrected chi connectivity index (χ3v) is 6.65. The summed E-state index contributed by atoms with van der Waals surface area (Å²) in [6.07, 6.45) is 8.25. The fourth-order valence-corrected chi connectivity index (χ4v) is 4.53. The lowest BCUT2D eigenvalue weighted by molar-refractivity contribution is 0.0992. The molecule has 3 heterocycles. The normalized spacial score (nSPS) is 14.9. The van der Waals surface area contributed by atoms with Gasteiger partial charge in [0.1, 0.15) is 0 Å². The van der Waals surface area contributed by atoms with Crippen LogP contribution in [0.5, 0.6) is 0 Å². The number of Topliss-reactive ketones (excluding diaryl/α,β-unsaturated/α-hetero) is 1. The molecule has 34 heavy (non-hydrogen) atoms. The van der Waals surface area contributed by atoms with Gasteiger partial charge in [0.05, 0.1) is 12.1 Å². The number of aryl methyl sites for hydroxylation is 1. The van der Waals surface area contributed by atoms with Gasteiger partial charge in [-0.1, -0.05) is 42.0 Å². The van der Waals surface area contributed by atoms with Crippen LogP contribution in [0.3, 0.4) is 0 Å². The molecule has 1 aliphatic heterocycles. The SMILES string of the molecule is Cc1ccc(C(=O)Cc2cc3cc(-c4cncc(NC5CCN(C)CC5)c4)ccc3cn2)cc1. The highest BCUT2D eigenvalue weighted by molar-refractivity contribution is 5.98. The highest BCUT2D eigenvalue weighted by atomic mass is 16.1. The maximum absolute atomic E-state index is 12.7. The number of likely N-dealkylation sites (tertiary alicyclic amines) is 1. The first kappa shape index (κ1) is 22.2. The minimum atomic E-state index is 0.0832. The highest BCUT2D eigenvalue weighted by Gasteiger charge is 2.16. The number of nitrogens with one attached hydrogen (secondary N) is 1. The monoisotopic (exact) mass is 450 g/mol. The number of hydrogen-bond donors (Lipinski definition) is 1. The number of carbonyl (C=O) groups is 1. The summed E-state index contributed by atoms with van der Waals surface area (Å²) in [7, 11) is 2.18. The topological polar surface area (TPSA) is 58.1 Å². The van der Waals surface area contributed by atoms with E-state index in [0.717, 1.165) is 70.3 Å². The Bertz CT molecular complexity index is 1310. The van der Waals surface area contributed by atoms with Crippen LogP contribution in [0.1, 0.15) is 34.5 Å². The van der Waals surface area contributed by atoms with Gasteiger partial charge in [0, 0.05) is 46.8 Å². The van der Waals surface area contributed by atoms with Crippen molar-refractivity contribution >= 4 is 22.2 Å². The average molecular weight is 451 g/mol. The molecule has 0 atom stereocenters. The van der Waals surface area contributed by atoms with Gasteiger partial charge in [-0.25, -0.2) is 0 Å². The van der Waals surface area contributed by atoms with E-state index in [-0.39, 0.29) is 5.78 Å². The van der Waals surface area contributed by atoms with E-state index in [4.69, 9.17) is 0 Å². The Kier molecular flexibility index (Phi) is 6.37. The molecule has 0 amide bonds. The molecule has 0 bridgehead atoms. The van der Waals surface area contributed by atoms with Crippen molar-refractivity contribution < 1.29 is 4.79 Å². The maximum Gasteiger partial charge on any atom is 0.168 e. The van der Waals surface area contributed by atoms with Crippen LogP contribution in [0.4, 0.5) is 5.69 Å². The van der Waals surface area contributed by atoms with Gasteiger partial charge in [0.15, 0.2) is 5.78 Å². The van der Waals surface area contributed by atoms with Crippen molar-refractivity contribution in [3.63, 3.8) is 0 Å². The quantitative estimate of drug-likeness (QED) is 0.391. The van der Waals surface area contributed by atoms with Crippen LogP contribution in [0.15, 0.2) is 73.2 Å². The molecule has 0 spiro atoms. The summed E-state index contributed by atoms with van der Waals surface area (Å²) in [4.78, 5) is 24.1. The Morgan fingerprint density at radius 2 is 1.74 bits per heavy atom. The smallest absolute Gasteiger partial charge is 0.168 e. The number of benzene rings is 2. The molecule has 0 unspecified atom stereocenters. The Morgan fingerprint density at radius 3 is 2.53 bits per heavy atom. The van der Waals surface area contributed by atoms with Crippen LogP contribution >= 0.6 is 0 Å². The molecule has 0 aliphatic carbocycles. The number of anilines is 1. The van der Waals surface area contributed by atoms with Crippen molar-refractivity contribution in [3.05, 3.63) is 90.0 Å². The molecule has 4 aromatic rings. The number of fused-ring (bicyclic) bond motifs is 1. The van der Waals surface area contributed by atoms with Crippen molar-refractivity contribution in [3.8, 4) is 11.1 Å². The van der Waals surface area contributed by atoms with Crippen molar-refractivity contribution in [2.75, 3.05) is 25.5 Å². The third-order valence-electron chi connectivity index (χ3n) is 6.65. The van der Waals surface area contributed by atoms with E-state index < -0.39 is 0 Å². The molecule has 5 nitrogen and oxygen atoms in total. The fraction of sp³-hybridized carbons (Fsp3) is 0.276. The molecule has 5 rings (SSSR count). The lowest BCUT2D eigenvalue weighted by Crippen LogP contribution is -2.36. The van der Waals surface area contributed by atoms with Crippen LogP contribution in [-0.4, -0.2) is 46.8 Å². The Labute approximate surface area is 200 Å². The Hall–Kier alpha value is -3.57. The first-order valence-electron chi connectivity index (χ1n) is 11.9. The van der Waals surface area contributed by atoms with E-state index in [0.29, 0.717) is 12.5 Å². The van der Waals surface area contributed by atoms with Crippen LogP contribution in [0.2, 0.25) is 0 Å². The molecule has 5 heteroatoms. The molecule has 2 aromatic heterocycles. The van der Waals surface area contributed by atoms with Crippen molar-refractivity contribution in [2.24, 2.45) is 0 Å². The number of ketones is 1. The van der Waals surface area contributed by atoms with E-state index in [1.54, 1.807) is 0 Å². The standard InChI is InChI=1S/C29H30N4O/c1-20-3-5-21(6-4-20)29(34)16-27-14-24-13-22(7-8-23(24)18-31-27)25-15-28(19-30-17-25)32-26-9-11-33(2)12-10-26/h3-8,13-15,17-19,26,32H,9-12,16H2,1-2H3. The lowest BCUT2D eigenvalue weighted by atomic mass is 10.0. The minimum Gasteiger partial charge on any atom is -0.381 e. The van der Waals surface area contributed by atoms with Crippen LogP contribution in [-0.2, 0) is 6.42 Å². The fourth-order valence-electron chi connectivity index (χ4n) is 4.53. The summed E-state index contributed by atoms with van der Waals surface area (Å²) < 4.78 is 0. The molecular formula is C29H30N4O. The Balaban J connectivity index is 1.35. The zero-order valence-corrected chi connectivity index (χ0v) is 19.8. The lowest BCUT2D eigenvalue weighted by Gasteiger charge is -2.30. The zero-order chi connectivity index (χ0) is 23.5. The van der Waals surface area contributed by atoms with Gasteiger partial charge in [-0.05, 0) is 69.1 Å². The second-order valence-electron chi connectivity index (χ2n) is 9.39. The summed E-state index contributed by atoms with van der Waals surface area (Å²) in [5.74, 6) is 0.0832. The molecule has 1 N–H and O–H groups in total. The summed E-state index contributed by atoms with van der Waals surface area (Å²) in [6.45, 7) is 4.27. The predicted octanol–water partition coefficient (Wildman–Crippen LogP) is 5.54. The summed E-state index contributed by atoms with van der Waals surface area (Å²) in [6, 6.07) is 18.8. The van der Waals surface area contributed by atoms with Gasteiger partial charge < -0.3 is 10.2 Å². The summed E-state index contributed by atoms with van der Waals surface area (Å²) >= 11 is 0. The third kappa shape index (κ3) is 5.15. The molecule has 1 aliphatic rings. The van der Waals surface area contributed by atoms with Crippen molar-refractivity contribution in [2.45, 2.75) is 32.2 Å². The second kappa shape index (κ2) is 9.74. The number of carbonyl (C=O) groups excluding carboxylic acids is 1. The maximum atomic E-state index is 12.7. The molecule has 172 valence electrons.